The molecular weight excluding hydrogens is 754 g/mol. The Hall–Kier alpha value is -5.86. The quantitative estimate of drug-likeness (QED) is 0.0474. The van der Waals surface area contributed by atoms with Crippen molar-refractivity contribution in [3.05, 3.63) is 157 Å². The largest absolute Gasteiger partial charge is 0.530 e. The number of carbonyl (C=O) groups excluding carboxylic acids is 2. The Morgan fingerprint density at radius 3 is 1.02 bits per heavy atom. The SMILES string of the molecule is COc1ccccc1OP(Oc1ccccc1OC)Oc1ccccc1[Si](C)(C)c1ccccc1OP(Oc1ccccc1C=O)Oc1ccccc1C=O. The molecule has 0 radical (unpaired) electrons. The van der Waals surface area contributed by atoms with Crippen LogP contribution in [0.5, 0.6) is 46.0 Å². The topological polar surface area (TPSA) is 108 Å². The monoisotopic (exact) mass is 792 g/mol. The second kappa shape index (κ2) is 18.5. The zero-order chi connectivity index (χ0) is 38.6. The summed E-state index contributed by atoms with van der Waals surface area (Å²) < 4.78 is 49.7. The molecule has 0 spiro atoms. The lowest BCUT2D eigenvalue weighted by atomic mass is 10.2. The molecule has 0 fully saturated rings. The molecule has 6 aromatic rings. The molecule has 0 aliphatic heterocycles. The summed E-state index contributed by atoms with van der Waals surface area (Å²) in [7, 11) is -3.95. The number of para-hydroxylation sites is 8. The third-order valence-corrected chi connectivity index (χ3v) is 14.0. The Bertz CT molecular complexity index is 2130. The van der Waals surface area contributed by atoms with E-state index < -0.39 is 25.3 Å². The number of hydrogen-bond acceptors (Lipinski definition) is 10. The fourth-order valence-electron chi connectivity index (χ4n) is 5.57. The first-order valence-electron chi connectivity index (χ1n) is 17.1. The number of aldehydes is 2. The van der Waals surface area contributed by atoms with Crippen LogP contribution < -0.4 is 47.0 Å². The highest BCUT2D eigenvalue weighted by molar-refractivity contribution is 7.43. The predicted octanol–water partition coefficient (Wildman–Crippen LogP) is 9.68. The van der Waals surface area contributed by atoms with Crippen LogP contribution in [0, 0.1) is 0 Å². The molecule has 6 rings (SSSR count). The summed E-state index contributed by atoms with van der Waals surface area (Å²) in [5, 5.41) is 1.83. The predicted molar refractivity (Wildman–Crippen MR) is 217 cm³/mol. The smallest absolute Gasteiger partial charge is 0.493 e. The lowest BCUT2D eigenvalue weighted by Gasteiger charge is -2.29. The lowest BCUT2D eigenvalue weighted by molar-refractivity contribution is 0.111. The van der Waals surface area contributed by atoms with Gasteiger partial charge in [0.25, 0.3) is 0 Å². The van der Waals surface area contributed by atoms with Crippen LogP contribution >= 0.6 is 17.2 Å². The lowest BCUT2D eigenvalue weighted by Crippen LogP contribution is -2.53. The molecule has 0 atom stereocenters. The van der Waals surface area contributed by atoms with E-state index in [1.54, 1.807) is 87.0 Å². The summed E-state index contributed by atoms with van der Waals surface area (Å²) in [4.78, 5) is 23.8. The molecule has 10 nitrogen and oxygen atoms in total. The Morgan fingerprint density at radius 2 is 0.655 bits per heavy atom. The van der Waals surface area contributed by atoms with Gasteiger partial charge in [-0.3, -0.25) is 9.59 Å². The Labute approximate surface area is 323 Å². The molecule has 0 unspecified atom stereocenters. The zero-order valence-electron chi connectivity index (χ0n) is 30.5. The second-order valence-corrected chi connectivity index (χ2v) is 18.5. The number of rotatable bonds is 18. The minimum absolute atomic E-state index is 0.276. The van der Waals surface area contributed by atoms with Crippen LogP contribution in [0.25, 0.3) is 0 Å². The van der Waals surface area contributed by atoms with Gasteiger partial charge in [0, 0.05) is 0 Å². The van der Waals surface area contributed by atoms with Gasteiger partial charge in [-0.15, -0.1) is 0 Å². The van der Waals surface area contributed by atoms with Crippen molar-refractivity contribution in [1.29, 1.82) is 0 Å². The highest BCUT2D eigenvalue weighted by atomic mass is 31.2. The first kappa shape index (κ1) is 38.8. The van der Waals surface area contributed by atoms with E-state index in [1.807, 2.05) is 72.8 Å². The molecule has 0 aromatic heterocycles. The Morgan fingerprint density at radius 1 is 0.382 bits per heavy atom. The van der Waals surface area contributed by atoms with Gasteiger partial charge >= 0.3 is 17.2 Å². The molecule has 6 aromatic carbocycles. The average Bonchev–Trinajstić information content (AvgIpc) is 3.22. The summed E-state index contributed by atoms with van der Waals surface area (Å²) in [5.41, 5.74) is 0.643. The number of methoxy groups -OCH3 is 2. The molecule has 0 aliphatic carbocycles. The van der Waals surface area contributed by atoms with Gasteiger partial charge in [0.2, 0.25) is 0 Å². The van der Waals surface area contributed by atoms with E-state index in [-0.39, 0.29) is 11.5 Å². The molecule has 0 saturated heterocycles. The van der Waals surface area contributed by atoms with Gasteiger partial charge in [-0.05, 0) is 71.0 Å². The summed E-state index contributed by atoms with van der Waals surface area (Å²) in [5.74, 6) is 3.53. The summed E-state index contributed by atoms with van der Waals surface area (Å²) >= 11 is 0. The van der Waals surface area contributed by atoms with Crippen molar-refractivity contribution < 1.29 is 46.2 Å². The summed E-state index contributed by atoms with van der Waals surface area (Å²) in [6, 6.07) is 43.5. The maximum absolute atomic E-state index is 11.9. The van der Waals surface area contributed by atoms with Crippen molar-refractivity contribution in [2.45, 2.75) is 13.1 Å². The van der Waals surface area contributed by atoms with Crippen LogP contribution in [0.3, 0.4) is 0 Å². The van der Waals surface area contributed by atoms with Crippen LogP contribution in [0.4, 0.5) is 0 Å². The highest BCUT2D eigenvalue weighted by Gasteiger charge is 2.36. The van der Waals surface area contributed by atoms with Gasteiger partial charge in [-0.2, -0.15) is 0 Å². The van der Waals surface area contributed by atoms with E-state index in [0.717, 1.165) is 10.4 Å². The highest BCUT2D eigenvalue weighted by Crippen LogP contribution is 2.47. The fourth-order valence-corrected chi connectivity index (χ4v) is 10.7. The fraction of sp³-hybridized carbons (Fsp3) is 0.0952. The molecule has 0 saturated carbocycles. The standard InChI is InChI=1S/C42H38O10P2Si/c1-45-35-21-9-11-23-37(35)49-54(50-38-24-12-10-22-36(38)46-2)52-40-26-14-16-28-42(40)55(3,4)41-27-15-13-25-39(41)51-53(47-33-19-7-5-17-31(33)29-43)48-34-20-8-6-18-32(34)30-44/h5-30H,1-4H3. The number of ether oxygens (including phenoxy) is 2. The molecule has 0 heterocycles. The molecule has 0 N–H and O–H groups in total. The van der Waals surface area contributed by atoms with Crippen molar-refractivity contribution in [2.24, 2.45) is 0 Å². The van der Waals surface area contributed by atoms with E-state index in [1.165, 1.54) is 0 Å². The number of hydrogen-bond donors (Lipinski definition) is 0. The van der Waals surface area contributed by atoms with Crippen LogP contribution in [0.1, 0.15) is 20.7 Å². The van der Waals surface area contributed by atoms with Crippen molar-refractivity contribution in [3.63, 3.8) is 0 Å². The molecule has 280 valence electrons. The zero-order valence-corrected chi connectivity index (χ0v) is 33.3. The molecule has 0 aliphatic rings. The first-order chi connectivity index (χ1) is 26.8. The van der Waals surface area contributed by atoms with Crippen molar-refractivity contribution >= 4 is 48.2 Å². The second-order valence-electron chi connectivity index (χ2n) is 12.2. The molecule has 55 heavy (non-hydrogen) atoms. The van der Waals surface area contributed by atoms with E-state index >= 15 is 0 Å². The van der Waals surface area contributed by atoms with Crippen LogP contribution in [0.2, 0.25) is 13.1 Å². The summed E-state index contributed by atoms with van der Waals surface area (Å²) in [6.45, 7) is 4.35. The van der Waals surface area contributed by atoms with Gasteiger partial charge in [0.05, 0.1) is 25.3 Å². The van der Waals surface area contributed by atoms with Crippen molar-refractivity contribution in [1.82, 2.24) is 0 Å². The van der Waals surface area contributed by atoms with Gasteiger partial charge in [-0.1, -0.05) is 98.0 Å². The molecule has 13 heteroatoms. The Kier molecular flexibility index (Phi) is 13.0. The minimum atomic E-state index is -2.73. The van der Waals surface area contributed by atoms with Crippen LogP contribution in [-0.2, 0) is 0 Å². The normalized spacial score (nSPS) is 11.0. The maximum atomic E-state index is 11.9. The van der Waals surface area contributed by atoms with E-state index in [4.69, 9.17) is 36.6 Å². The molecular formula is C42H38O10P2Si. The van der Waals surface area contributed by atoms with Gasteiger partial charge in [-0.25, -0.2) is 0 Å². The minimum Gasteiger partial charge on any atom is -0.493 e. The van der Waals surface area contributed by atoms with Gasteiger partial charge in [0.15, 0.2) is 35.6 Å². The van der Waals surface area contributed by atoms with E-state index in [2.05, 4.69) is 13.1 Å². The maximum Gasteiger partial charge on any atom is 0.530 e. The van der Waals surface area contributed by atoms with Crippen LogP contribution in [-0.4, -0.2) is 34.9 Å². The van der Waals surface area contributed by atoms with Crippen LogP contribution in [0.15, 0.2) is 146 Å². The van der Waals surface area contributed by atoms with Gasteiger partial charge < -0.3 is 36.6 Å². The van der Waals surface area contributed by atoms with Crippen molar-refractivity contribution in [2.75, 3.05) is 14.2 Å². The van der Waals surface area contributed by atoms with E-state index in [0.29, 0.717) is 58.2 Å². The van der Waals surface area contributed by atoms with Gasteiger partial charge in [0.1, 0.15) is 31.1 Å². The summed E-state index contributed by atoms with van der Waals surface area (Å²) in [6.07, 6.45) is 1.40. The average molecular weight is 793 g/mol. The first-order valence-corrected chi connectivity index (χ1v) is 22.2. The number of benzene rings is 6. The van der Waals surface area contributed by atoms with Crippen molar-refractivity contribution in [3.8, 4) is 46.0 Å². The number of carbonyl (C=O) groups is 2. The third kappa shape index (κ3) is 9.45. The third-order valence-electron chi connectivity index (χ3n) is 8.39. The van der Waals surface area contributed by atoms with E-state index in [9.17, 15) is 9.59 Å². The Balaban J connectivity index is 1.36. The molecule has 0 amide bonds. The molecule has 0 bridgehead atoms.